The summed E-state index contributed by atoms with van der Waals surface area (Å²) in [4.78, 5) is 2.07. The standard InChI is InChI=1S/C13H24N2S/c1-6-9-12(7-2)10-16-13(11(4)14)15(5)8-3/h6,8-9,11,13H,1,3,7,10,14H2,2,4-5H3/b12-9+. The molecule has 2 unspecified atom stereocenters. The lowest BCUT2D eigenvalue weighted by Gasteiger charge is -2.29. The maximum absolute atomic E-state index is 5.96. The van der Waals surface area contributed by atoms with Crippen LogP contribution < -0.4 is 5.73 Å². The number of likely N-dealkylation sites (N-methyl/N-ethyl adjacent to an activating group) is 1. The van der Waals surface area contributed by atoms with E-state index in [0.717, 1.165) is 12.2 Å². The summed E-state index contributed by atoms with van der Waals surface area (Å²) in [6.45, 7) is 11.7. The molecule has 0 amide bonds. The summed E-state index contributed by atoms with van der Waals surface area (Å²) in [7, 11) is 2.01. The monoisotopic (exact) mass is 240 g/mol. The van der Waals surface area contributed by atoms with E-state index in [-0.39, 0.29) is 11.4 Å². The van der Waals surface area contributed by atoms with Crippen LogP contribution in [0.1, 0.15) is 20.3 Å². The average Bonchev–Trinajstić information content (AvgIpc) is 2.26. The third-order valence-electron chi connectivity index (χ3n) is 2.39. The normalized spacial score (nSPS) is 15.4. The maximum atomic E-state index is 5.96. The van der Waals surface area contributed by atoms with Crippen molar-refractivity contribution in [1.82, 2.24) is 4.90 Å². The molecule has 0 rings (SSSR count). The highest BCUT2D eigenvalue weighted by molar-refractivity contribution is 8.00. The molecule has 2 atom stereocenters. The molecule has 0 heterocycles. The Balaban J connectivity index is 4.36. The minimum absolute atomic E-state index is 0.120. The van der Waals surface area contributed by atoms with Crippen molar-refractivity contribution in [3.8, 4) is 0 Å². The molecule has 16 heavy (non-hydrogen) atoms. The fourth-order valence-electron chi connectivity index (χ4n) is 1.37. The van der Waals surface area contributed by atoms with E-state index in [1.54, 1.807) is 0 Å². The van der Waals surface area contributed by atoms with Gasteiger partial charge in [0.2, 0.25) is 0 Å². The lowest BCUT2D eigenvalue weighted by atomic mass is 10.2. The van der Waals surface area contributed by atoms with E-state index in [0.29, 0.717) is 0 Å². The topological polar surface area (TPSA) is 29.3 Å². The van der Waals surface area contributed by atoms with E-state index in [4.69, 9.17) is 5.73 Å². The van der Waals surface area contributed by atoms with E-state index < -0.39 is 0 Å². The van der Waals surface area contributed by atoms with Gasteiger partial charge in [-0.25, -0.2) is 0 Å². The van der Waals surface area contributed by atoms with E-state index in [1.165, 1.54) is 5.57 Å². The first-order chi connectivity index (χ1) is 7.56. The molecule has 0 aliphatic carbocycles. The molecule has 2 N–H and O–H groups in total. The fourth-order valence-corrected chi connectivity index (χ4v) is 2.68. The van der Waals surface area contributed by atoms with Crippen molar-refractivity contribution in [3.63, 3.8) is 0 Å². The lowest BCUT2D eigenvalue weighted by Crippen LogP contribution is -2.39. The highest BCUT2D eigenvalue weighted by atomic mass is 32.2. The highest BCUT2D eigenvalue weighted by Gasteiger charge is 2.16. The molecule has 0 aromatic carbocycles. The average molecular weight is 240 g/mol. The van der Waals surface area contributed by atoms with Gasteiger partial charge >= 0.3 is 0 Å². The lowest BCUT2D eigenvalue weighted by molar-refractivity contribution is 0.389. The summed E-state index contributed by atoms with van der Waals surface area (Å²) >= 11 is 1.85. The zero-order valence-corrected chi connectivity index (χ0v) is 11.5. The van der Waals surface area contributed by atoms with Crippen molar-refractivity contribution in [1.29, 1.82) is 0 Å². The second-order valence-corrected chi connectivity index (χ2v) is 4.93. The molecule has 0 aromatic heterocycles. The van der Waals surface area contributed by atoms with Crippen LogP contribution in [0.4, 0.5) is 0 Å². The minimum Gasteiger partial charge on any atom is -0.368 e. The van der Waals surface area contributed by atoms with Crippen LogP contribution in [0.25, 0.3) is 0 Å². The van der Waals surface area contributed by atoms with E-state index in [1.807, 2.05) is 38.0 Å². The van der Waals surface area contributed by atoms with E-state index in [2.05, 4.69) is 31.1 Å². The molecule has 0 aromatic rings. The molecular weight excluding hydrogens is 216 g/mol. The van der Waals surface area contributed by atoms with E-state index in [9.17, 15) is 0 Å². The zero-order valence-electron chi connectivity index (χ0n) is 10.6. The van der Waals surface area contributed by atoms with Crippen molar-refractivity contribution in [2.75, 3.05) is 12.8 Å². The molecule has 92 valence electrons. The van der Waals surface area contributed by atoms with Gasteiger partial charge < -0.3 is 10.6 Å². The van der Waals surface area contributed by atoms with Gasteiger partial charge in [0.15, 0.2) is 0 Å². The Labute approximate surface area is 104 Å². The summed E-state index contributed by atoms with van der Waals surface area (Å²) in [6, 6.07) is 0.120. The number of allylic oxidation sites excluding steroid dienone is 2. The summed E-state index contributed by atoms with van der Waals surface area (Å²) < 4.78 is 0. The van der Waals surface area contributed by atoms with Crippen molar-refractivity contribution in [2.24, 2.45) is 5.73 Å². The number of nitrogens with zero attached hydrogens (tertiary/aromatic N) is 1. The Morgan fingerprint density at radius 2 is 2.12 bits per heavy atom. The molecule has 0 fully saturated rings. The maximum Gasteiger partial charge on any atom is 0.0893 e. The second-order valence-electron chi connectivity index (χ2n) is 3.82. The molecule has 0 radical (unpaired) electrons. The van der Waals surface area contributed by atoms with Crippen LogP contribution >= 0.6 is 11.8 Å². The third-order valence-corrected chi connectivity index (χ3v) is 4.03. The van der Waals surface area contributed by atoms with Crippen LogP contribution in [0.3, 0.4) is 0 Å². The molecule has 0 aliphatic heterocycles. The van der Waals surface area contributed by atoms with Crippen LogP contribution in [0, 0.1) is 0 Å². The third kappa shape index (κ3) is 5.42. The largest absolute Gasteiger partial charge is 0.368 e. The first-order valence-electron chi connectivity index (χ1n) is 5.58. The van der Waals surface area contributed by atoms with Gasteiger partial charge in [0.05, 0.1) is 5.37 Å². The van der Waals surface area contributed by atoms with E-state index >= 15 is 0 Å². The summed E-state index contributed by atoms with van der Waals surface area (Å²) in [6.07, 6.45) is 6.81. The Bertz CT molecular complexity index is 246. The molecule has 3 heteroatoms. The predicted octanol–water partition coefficient (Wildman–Crippen LogP) is 2.99. The molecular formula is C13H24N2S. The van der Waals surface area contributed by atoms with Gasteiger partial charge in [-0.1, -0.05) is 37.8 Å². The minimum atomic E-state index is 0.120. The molecule has 0 saturated heterocycles. The van der Waals surface area contributed by atoms with Crippen molar-refractivity contribution in [3.05, 3.63) is 37.1 Å². The molecule has 0 bridgehead atoms. The van der Waals surface area contributed by atoms with Gasteiger partial charge in [0, 0.05) is 18.8 Å². The molecule has 0 aliphatic rings. The SMILES string of the molecule is C=C/C=C(\CC)CSC(C(C)N)N(C)C=C. The van der Waals surface area contributed by atoms with Crippen LogP contribution in [0.15, 0.2) is 37.1 Å². The van der Waals surface area contributed by atoms with Gasteiger partial charge in [0.1, 0.15) is 0 Å². The van der Waals surface area contributed by atoms with Crippen LogP contribution in [-0.4, -0.2) is 29.1 Å². The van der Waals surface area contributed by atoms with Crippen molar-refractivity contribution >= 4 is 11.8 Å². The smallest absolute Gasteiger partial charge is 0.0893 e. The summed E-state index contributed by atoms with van der Waals surface area (Å²) in [5.41, 5.74) is 7.36. The number of thioether (sulfide) groups is 1. The Morgan fingerprint density at radius 1 is 1.50 bits per heavy atom. The predicted molar refractivity (Wildman–Crippen MR) is 76.4 cm³/mol. The van der Waals surface area contributed by atoms with Crippen LogP contribution in [0.2, 0.25) is 0 Å². The number of hydrogen-bond donors (Lipinski definition) is 1. The first kappa shape index (κ1) is 15.3. The van der Waals surface area contributed by atoms with Crippen molar-refractivity contribution < 1.29 is 0 Å². The Kier molecular flexibility index (Phi) is 8.12. The molecule has 0 saturated carbocycles. The zero-order chi connectivity index (χ0) is 12.6. The number of nitrogens with two attached hydrogens (primary N) is 1. The first-order valence-corrected chi connectivity index (χ1v) is 6.63. The summed E-state index contributed by atoms with van der Waals surface area (Å²) in [5, 5.41) is 0.275. The highest BCUT2D eigenvalue weighted by Crippen LogP contribution is 2.21. The van der Waals surface area contributed by atoms with Gasteiger partial charge in [-0.05, 0) is 19.5 Å². The molecule has 0 spiro atoms. The van der Waals surface area contributed by atoms with Gasteiger partial charge in [0.25, 0.3) is 0 Å². The van der Waals surface area contributed by atoms with Crippen molar-refractivity contribution in [2.45, 2.75) is 31.7 Å². The second kappa shape index (κ2) is 8.48. The number of hydrogen-bond acceptors (Lipinski definition) is 3. The van der Waals surface area contributed by atoms with Crippen LogP contribution in [-0.2, 0) is 0 Å². The van der Waals surface area contributed by atoms with Gasteiger partial charge in [-0.3, -0.25) is 0 Å². The Morgan fingerprint density at radius 3 is 2.50 bits per heavy atom. The number of rotatable bonds is 8. The van der Waals surface area contributed by atoms with Gasteiger partial charge in [-0.2, -0.15) is 0 Å². The fraction of sp³-hybridized carbons (Fsp3) is 0.538. The van der Waals surface area contributed by atoms with Gasteiger partial charge in [-0.15, -0.1) is 11.8 Å². The molecule has 2 nitrogen and oxygen atoms in total. The quantitative estimate of drug-likeness (QED) is 0.522. The van der Waals surface area contributed by atoms with Crippen LogP contribution in [0.5, 0.6) is 0 Å². The summed E-state index contributed by atoms with van der Waals surface area (Å²) in [5.74, 6) is 0.993. The Hall–Kier alpha value is -0.670.